The topological polar surface area (TPSA) is 105 Å². The SMILES string of the molecule is CCCCCCCCCC[C@@H](O)[C@H]1CC[C@@H]([C@@H]2CC[C@@H]([C@H](O)CC/C=C/CCCCCC[C@@H](O)CC3=C[C@H](C)OC3=O)O2)O1. The van der Waals surface area contributed by atoms with E-state index in [9.17, 15) is 20.1 Å². The minimum Gasteiger partial charge on any atom is -0.455 e. The van der Waals surface area contributed by atoms with Gasteiger partial charge >= 0.3 is 5.97 Å². The highest BCUT2D eigenvalue weighted by Crippen LogP contribution is 2.34. The zero-order valence-corrected chi connectivity index (χ0v) is 27.9. The fourth-order valence-corrected chi connectivity index (χ4v) is 6.99. The highest BCUT2D eigenvalue weighted by molar-refractivity contribution is 5.90. The molecule has 0 aromatic heterocycles. The molecule has 2 fully saturated rings. The molecule has 0 aliphatic carbocycles. The van der Waals surface area contributed by atoms with Gasteiger partial charge < -0.3 is 29.5 Å². The number of hydrogen-bond donors (Lipinski definition) is 3. The van der Waals surface area contributed by atoms with Crippen LogP contribution in [0, 0.1) is 0 Å². The number of hydrogen-bond acceptors (Lipinski definition) is 7. The van der Waals surface area contributed by atoms with Crippen molar-refractivity contribution >= 4 is 5.97 Å². The fourth-order valence-electron chi connectivity index (χ4n) is 6.99. The summed E-state index contributed by atoms with van der Waals surface area (Å²) in [6, 6.07) is 0. The number of carbonyl (C=O) groups excluding carboxylic acids is 1. The quantitative estimate of drug-likeness (QED) is 0.0579. The molecule has 44 heavy (non-hydrogen) atoms. The second kappa shape index (κ2) is 21.5. The van der Waals surface area contributed by atoms with Gasteiger partial charge in [-0.05, 0) is 77.2 Å². The average molecular weight is 621 g/mol. The summed E-state index contributed by atoms with van der Waals surface area (Å²) < 4.78 is 17.6. The van der Waals surface area contributed by atoms with E-state index in [1.54, 1.807) is 6.08 Å². The zero-order chi connectivity index (χ0) is 31.6. The molecule has 0 aromatic carbocycles. The molecule has 3 N–H and O–H groups in total. The van der Waals surface area contributed by atoms with Crippen LogP contribution in [0.15, 0.2) is 23.8 Å². The van der Waals surface area contributed by atoms with Gasteiger partial charge in [0.1, 0.15) is 6.10 Å². The van der Waals surface area contributed by atoms with Crippen LogP contribution in [-0.4, -0.2) is 70.1 Å². The molecule has 0 radical (unpaired) electrons. The van der Waals surface area contributed by atoms with Gasteiger partial charge in [-0.25, -0.2) is 4.79 Å². The molecule has 0 unspecified atom stereocenters. The molecule has 3 aliphatic rings. The number of unbranched alkanes of at least 4 members (excludes halogenated alkanes) is 11. The number of aliphatic hydroxyl groups excluding tert-OH is 3. The number of rotatable bonds is 24. The third-order valence-corrected chi connectivity index (χ3v) is 9.70. The zero-order valence-electron chi connectivity index (χ0n) is 27.9. The van der Waals surface area contributed by atoms with Crippen LogP contribution in [-0.2, 0) is 19.0 Å². The Balaban J connectivity index is 1.15. The first-order valence-corrected chi connectivity index (χ1v) is 18.3. The Hall–Kier alpha value is -1.25. The molecule has 3 rings (SSSR count). The smallest absolute Gasteiger partial charge is 0.334 e. The molecular weight excluding hydrogens is 556 g/mol. The molecule has 3 heterocycles. The van der Waals surface area contributed by atoms with Crippen LogP contribution < -0.4 is 0 Å². The first kappa shape index (κ1) is 37.2. The minimum atomic E-state index is -0.477. The van der Waals surface area contributed by atoms with Crippen LogP contribution in [0.5, 0.6) is 0 Å². The van der Waals surface area contributed by atoms with E-state index in [-0.39, 0.29) is 42.6 Å². The Morgan fingerprint density at radius 2 is 1.27 bits per heavy atom. The van der Waals surface area contributed by atoms with Gasteiger partial charge in [0.15, 0.2) is 0 Å². The average Bonchev–Trinajstić information content (AvgIpc) is 3.75. The summed E-state index contributed by atoms with van der Waals surface area (Å²) in [6.07, 6.45) is 27.2. The normalized spacial score (nSPS) is 27.6. The van der Waals surface area contributed by atoms with E-state index in [1.807, 2.05) is 6.92 Å². The van der Waals surface area contributed by atoms with Crippen LogP contribution >= 0.6 is 0 Å². The van der Waals surface area contributed by atoms with E-state index in [0.29, 0.717) is 24.8 Å². The van der Waals surface area contributed by atoms with Gasteiger partial charge in [-0.3, -0.25) is 0 Å². The summed E-state index contributed by atoms with van der Waals surface area (Å²) in [5.74, 6) is -0.288. The van der Waals surface area contributed by atoms with Crippen molar-refractivity contribution < 1.29 is 34.3 Å². The monoisotopic (exact) mass is 620 g/mol. The van der Waals surface area contributed by atoms with E-state index < -0.39 is 12.2 Å². The van der Waals surface area contributed by atoms with Gasteiger partial charge in [0.2, 0.25) is 0 Å². The maximum absolute atomic E-state index is 11.7. The molecule has 8 atom stereocenters. The standard InChI is InChI=1S/C37H64O7/c1-3-4-5-6-7-11-14-17-20-31(39)33-22-24-35(43-33)36-25-23-34(44-36)32(40)21-18-15-12-9-8-10-13-16-19-30(38)27-29-26-28(2)42-37(29)41/h12,15,26,28,30-36,38-40H,3-11,13-14,16-25,27H2,1-2H3/b15-12+/t28-,30+,31+,32+,33+,34-,35-,36-/m0/s1. The molecule has 2 saturated heterocycles. The van der Waals surface area contributed by atoms with Crippen LogP contribution in [0.3, 0.4) is 0 Å². The third-order valence-electron chi connectivity index (χ3n) is 9.70. The van der Waals surface area contributed by atoms with Gasteiger partial charge in [-0.2, -0.15) is 0 Å². The van der Waals surface area contributed by atoms with Gasteiger partial charge in [-0.1, -0.05) is 89.7 Å². The molecule has 7 heteroatoms. The Morgan fingerprint density at radius 1 is 0.727 bits per heavy atom. The summed E-state index contributed by atoms with van der Waals surface area (Å²) in [4.78, 5) is 11.7. The van der Waals surface area contributed by atoms with Crippen LogP contribution in [0.4, 0.5) is 0 Å². The van der Waals surface area contributed by atoms with Gasteiger partial charge in [0.05, 0.1) is 42.7 Å². The molecule has 3 aliphatic heterocycles. The Kier molecular flexibility index (Phi) is 18.2. The second-order valence-electron chi connectivity index (χ2n) is 13.7. The number of aliphatic hydroxyl groups is 3. The van der Waals surface area contributed by atoms with Crippen molar-refractivity contribution in [2.75, 3.05) is 0 Å². The molecule has 0 spiro atoms. The Morgan fingerprint density at radius 3 is 1.89 bits per heavy atom. The Labute approximate surface area is 267 Å². The molecular formula is C37H64O7. The summed E-state index contributed by atoms with van der Waals surface area (Å²) in [5, 5.41) is 31.6. The van der Waals surface area contributed by atoms with Crippen molar-refractivity contribution in [1.29, 1.82) is 0 Å². The largest absolute Gasteiger partial charge is 0.455 e. The van der Waals surface area contributed by atoms with Crippen molar-refractivity contribution in [1.82, 2.24) is 0 Å². The van der Waals surface area contributed by atoms with Gasteiger partial charge in [-0.15, -0.1) is 0 Å². The minimum absolute atomic E-state index is 0.0339. The van der Waals surface area contributed by atoms with E-state index in [0.717, 1.165) is 77.0 Å². The second-order valence-corrected chi connectivity index (χ2v) is 13.7. The van der Waals surface area contributed by atoms with Gasteiger partial charge in [0.25, 0.3) is 0 Å². The predicted molar refractivity (Wildman–Crippen MR) is 175 cm³/mol. The maximum atomic E-state index is 11.7. The lowest BCUT2D eigenvalue weighted by Gasteiger charge is -2.24. The molecule has 0 amide bonds. The molecule has 7 nitrogen and oxygen atoms in total. The summed E-state index contributed by atoms with van der Waals surface area (Å²) in [6.45, 7) is 4.08. The third kappa shape index (κ3) is 14.0. The lowest BCUT2D eigenvalue weighted by Crippen LogP contribution is -2.33. The molecule has 0 aromatic rings. The number of cyclic esters (lactones) is 1. The first-order valence-electron chi connectivity index (χ1n) is 18.3. The van der Waals surface area contributed by atoms with Crippen molar-refractivity contribution in [3.63, 3.8) is 0 Å². The number of esters is 1. The van der Waals surface area contributed by atoms with E-state index in [4.69, 9.17) is 14.2 Å². The summed E-state index contributed by atoms with van der Waals surface area (Å²) in [7, 11) is 0. The predicted octanol–water partition coefficient (Wildman–Crippen LogP) is 7.63. The van der Waals surface area contributed by atoms with E-state index >= 15 is 0 Å². The molecule has 0 bridgehead atoms. The maximum Gasteiger partial charge on any atom is 0.334 e. The molecule has 254 valence electrons. The lowest BCUT2D eigenvalue weighted by atomic mass is 10.0. The molecule has 0 saturated carbocycles. The number of ether oxygens (including phenoxy) is 3. The fraction of sp³-hybridized carbons (Fsp3) is 0.865. The first-order chi connectivity index (χ1) is 21.4. The Bertz CT molecular complexity index is 842. The van der Waals surface area contributed by atoms with Crippen molar-refractivity contribution in [2.45, 2.75) is 204 Å². The number of allylic oxidation sites excluding steroid dienone is 2. The summed E-state index contributed by atoms with van der Waals surface area (Å²) in [5.41, 5.74) is 0.607. The highest BCUT2D eigenvalue weighted by Gasteiger charge is 2.40. The van der Waals surface area contributed by atoms with Crippen LogP contribution in [0.25, 0.3) is 0 Å². The highest BCUT2D eigenvalue weighted by atomic mass is 16.6. The number of carbonyl (C=O) groups is 1. The van der Waals surface area contributed by atoms with Crippen molar-refractivity contribution in [2.24, 2.45) is 0 Å². The van der Waals surface area contributed by atoms with Gasteiger partial charge in [0, 0.05) is 12.0 Å². The van der Waals surface area contributed by atoms with E-state index in [2.05, 4.69) is 19.1 Å². The lowest BCUT2D eigenvalue weighted by molar-refractivity contribution is -0.139. The van der Waals surface area contributed by atoms with Crippen molar-refractivity contribution in [3.05, 3.63) is 23.8 Å². The van der Waals surface area contributed by atoms with Crippen molar-refractivity contribution in [3.8, 4) is 0 Å². The van der Waals surface area contributed by atoms with Crippen LogP contribution in [0.2, 0.25) is 0 Å². The van der Waals surface area contributed by atoms with E-state index in [1.165, 1.54) is 44.9 Å². The van der Waals surface area contributed by atoms with Crippen LogP contribution in [0.1, 0.15) is 155 Å². The summed E-state index contributed by atoms with van der Waals surface area (Å²) >= 11 is 0.